The number of aliphatic hydroxyl groups excluding tert-OH is 1. The van der Waals surface area contributed by atoms with Crippen molar-refractivity contribution in [3.05, 3.63) is 24.3 Å². The minimum absolute atomic E-state index is 0.102. The summed E-state index contributed by atoms with van der Waals surface area (Å²) in [5.74, 6) is -1.47. The number of aliphatic hydroxyl groups is 1. The van der Waals surface area contributed by atoms with Gasteiger partial charge in [-0.15, -0.1) is 0 Å². The Morgan fingerprint density at radius 2 is 0.562 bits per heavy atom. The maximum absolute atomic E-state index is 13.1. The van der Waals surface area contributed by atoms with Crippen LogP contribution in [0.15, 0.2) is 24.3 Å². The van der Waals surface area contributed by atoms with Gasteiger partial charge in [-0.3, -0.25) is 37.3 Å². The molecule has 0 aromatic carbocycles. The van der Waals surface area contributed by atoms with Crippen LogP contribution in [-0.4, -0.2) is 96.7 Å². The third-order valence-electron chi connectivity index (χ3n) is 17.4. The van der Waals surface area contributed by atoms with Gasteiger partial charge in [0.05, 0.1) is 26.4 Å². The van der Waals surface area contributed by atoms with E-state index in [1.54, 1.807) is 0 Å². The summed E-state index contributed by atoms with van der Waals surface area (Å²) in [7, 11) is -9.92. The van der Waals surface area contributed by atoms with E-state index in [1.807, 2.05) is 0 Å². The summed E-state index contributed by atoms with van der Waals surface area (Å²) in [4.78, 5) is 72.8. The largest absolute Gasteiger partial charge is 0.472 e. The first kappa shape index (κ1) is 93.5. The summed E-state index contributed by atoms with van der Waals surface area (Å²) in [5.41, 5.74) is 0. The Morgan fingerprint density at radius 1 is 0.323 bits per heavy atom. The number of hydrogen-bond donors (Lipinski definition) is 3. The molecule has 0 radical (unpaired) electrons. The topological polar surface area (TPSA) is 237 Å². The lowest BCUT2D eigenvalue weighted by molar-refractivity contribution is -0.161. The molecule has 0 aliphatic heterocycles. The van der Waals surface area contributed by atoms with Crippen LogP contribution in [0.2, 0.25) is 0 Å². The van der Waals surface area contributed by atoms with Crippen LogP contribution in [-0.2, 0) is 65.4 Å². The smallest absolute Gasteiger partial charge is 0.462 e. The Balaban J connectivity index is 5.27. The molecule has 3 N–H and O–H groups in total. The van der Waals surface area contributed by atoms with Crippen LogP contribution in [0.25, 0.3) is 0 Å². The van der Waals surface area contributed by atoms with Crippen molar-refractivity contribution in [2.75, 3.05) is 39.6 Å². The molecule has 0 aromatic heterocycles. The summed E-state index contributed by atoms with van der Waals surface area (Å²) >= 11 is 0. The number of rotatable bonds is 75. The number of phosphoric ester groups is 2. The molecule has 0 fully saturated rings. The van der Waals surface area contributed by atoms with E-state index >= 15 is 0 Å². The average Bonchev–Trinajstić information content (AvgIpc) is 1.40. The first-order chi connectivity index (χ1) is 46.5. The van der Waals surface area contributed by atoms with E-state index in [0.29, 0.717) is 31.6 Å². The zero-order chi connectivity index (χ0) is 70.5. The molecule has 2 unspecified atom stereocenters. The van der Waals surface area contributed by atoms with E-state index < -0.39 is 97.5 Å². The molecule has 566 valence electrons. The molecule has 5 atom stereocenters. The third kappa shape index (κ3) is 70.0. The molecular formula is C77H146O17P2. The molecule has 96 heavy (non-hydrogen) atoms. The molecule has 17 nitrogen and oxygen atoms in total. The maximum atomic E-state index is 13.1. The van der Waals surface area contributed by atoms with Gasteiger partial charge in [0.2, 0.25) is 0 Å². The van der Waals surface area contributed by atoms with Crippen molar-refractivity contribution < 1.29 is 80.2 Å². The lowest BCUT2D eigenvalue weighted by atomic mass is 10.0. The average molecular weight is 1410 g/mol. The molecule has 0 saturated heterocycles. The van der Waals surface area contributed by atoms with Gasteiger partial charge in [-0.25, -0.2) is 9.13 Å². The summed E-state index contributed by atoms with van der Waals surface area (Å²) in [5, 5.41) is 10.6. The molecular weight excluding hydrogens is 1260 g/mol. The monoisotopic (exact) mass is 1410 g/mol. The Labute approximate surface area is 586 Å². The number of unbranched alkanes of at least 4 members (excludes halogenated alkanes) is 44. The zero-order valence-electron chi connectivity index (χ0n) is 62.0. The van der Waals surface area contributed by atoms with Crippen molar-refractivity contribution in [1.82, 2.24) is 0 Å². The van der Waals surface area contributed by atoms with E-state index in [4.69, 9.17) is 37.0 Å². The lowest BCUT2D eigenvalue weighted by Crippen LogP contribution is -2.30. The minimum Gasteiger partial charge on any atom is -0.462 e. The van der Waals surface area contributed by atoms with Crippen molar-refractivity contribution in [3.8, 4) is 0 Å². The van der Waals surface area contributed by atoms with E-state index in [9.17, 15) is 43.2 Å². The van der Waals surface area contributed by atoms with Crippen LogP contribution < -0.4 is 0 Å². The number of carbonyl (C=O) groups is 4. The predicted molar refractivity (Wildman–Crippen MR) is 391 cm³/mol. The molecule has 19 heteroatoms. The predicted octanol–water partition coefficient (Wildman–Crippen LogP) is 22.4. The highest BCUT2D eigenvalue weighted by Gasteiger charge is 2.30. The summed E-state index contributed by atoms with van der Waals surface area (Å²) in [6.45, 7) is 7.16. The van der Waals surface area contributed by atoms with Gasteiger partial charge in [0.25, 0.3) is 0 Å². The zero-order valence-corrected chi connectivity index (χ0v) is 63.8. The number of carbonyl (C=O) groups excluding carboxylic acids is 4. The summed E-state index contributed by atoms with van der Waals surface area (Å²) in [6.07, 6.45) is 61.9. The van der Waals surface area contributed by atoms with Crippen LogP contribution in [0.5, 0.6) is 0 Å². The van der Waals surface area contributed by atoms with Crippen LogP contribution in [0.4, 0.5) is 0 Å². The van der Waals surface area contributed by atoms with E-state index in [1.165, 1.54) is 180 Å². The highest BCUT2D eigenvalue weighted by Crippen LogP contribution is 2.45. The van der Waals surface area contributed by atoms with E-state index in [2.05, 4.69) is 58.9 Å². The fourth-order valence-electron chi connectivity index (χ4n) is 11.3. The molecule has 0 spiro atoms. The molecule has 0 heterocycles. The summed E-state index contributed by atoms with van der Waals surface area (Å²) in [6, 6.07) is 0. The molecule has 0 amide bonds. The van der Waals surface area contributed by atoms with E-state index in [0.717, 1.165) is 116 Å². The molecule has 0 saturated carbocycles. The quantitative estimate of drug-likeness (QED) is 0.0169. The maximum Gasteiger partial charge on any atom is 0.472 e. The summed E-state index contributed by atoms with van der Waals surface area (Å²) < 4.78 is 68.5. The molecule has 0 rings (SSSR count). The van der Waals surface area contributed by atoms with Crippen molar-refractivity contribution >= 4 is 39.5 Å². The number of phosphoric acid groups is 2. The first-order valence-electron chi connectivity index (χ1n) is 39.5. The second-order valence-corrected chi connectivity index (χ2v) is 30.4. The first-order valence-corrected chi connectivity index (χ1v) is 42.4. The van der Waals surface area contributed by atoms with Gasteiger partial charge in [-0.1, -0.05) is 329 Å². The number of allylic oxidation sites excluding steroid dienone is 4. The van der Waals surface area contributed by atoms with Crippen LogP contribution in [0.1, 0.15) is 381 Å². The molecule has 0 bridgehead atoms. The van der Waals surface area contributed by atoms with Gasteiger partial charge < -0.3 is 33.8 Å². The molecule has 0 aliphatic carbocycles. The molecule has 0 aromatic rings. The lowest BCUT2D eigenvalue weighted by Gasteiger charge is -2.21. The van der Waals surface area contributed by atoms with Gasteiger partial charge in [-0.05, 0) is 57.3 Å². The fourth-order valence-corrected chi connectivity index (χ4v) is 12.9. The molecule has 0 aliphatic rings. The number of hydrogen-bond acceptors (Lipinski definition) is 15. The van der Waals surface area contributed by atoms with Crippen LogP contribution in [0, 0.1) is 5.92 Å². The highest BCUT2D eigenvalue weighted by molar-refractivity contribution is 7.47. The van der Waals surface area contributed by atoms with Gasteiger partial charge in [0, 0.05) is 25.7 Å². The second kappa shape index (κ2) is 69.6. The van der Waals surface area contributed by atoms with Gasteiger partial charge in [-0.2, -0.15) is 0 Å². The minimum atomic E-state index is -4.96. The Hall–Kier alpha value is -2.46. The fraction of sp³-hybridized carbons (Fsp3) is 0.896. The Bertz CT molecular complexity index is 1930. The Morgan fingerprint density at radius 3 is 0.854 bits per heavy atom. The van der Waals surface area contributed by atoms with Crippen LogP contribution in [0.3, 0.4) is 0 Å². The highest BCUT2D eigenvalue weighted by atomic mass is 31.2. The number of esters is 4. The van der Waals surface area contributed by atoms with Crippen molar-refractivity contribution in [2.45, 2.75) is 400 Å². The van der Waals surface area contributed by atoms with Crippen molar-refractivity contribution in [1.29, 1.82) is 0 Å². The third-order valence-corrected chi connectivity index (χ3v) is 19.3. The second-order valence-electron chi connectivity index (χ2n) is 27.5. The number of ether oxygens (including phenoxy) is 4. The van der Waals surface area contributed by atoms with Crippen LogP contribution >= 0.6 is 15.6 Å². The van der Waals surface area contributed by atoms with Gasteiger partial charge in [0.15, 0.2) is 12.2 Å². The Kier molecular flexibility index (Phi) is 67.8. The SMILES string of the molecule is CCCCCC/C=C\C=C/CCCCCCCC(=O)OC[C@H](COP(=O)(O)OC[C@@H](O)COP(=O)(O)OC[C@@H](COC(=O)CCCCCCCCC(C)C)OC(=O)CCCCCCCCCCCCCCCCC)OC(=O)CCCCCCCCCCCCCCCCCCC. The van der Waals surface area contributed by atoms with E-state index in [-0.39, 0.29) is 25.7 Å². The van der Waals surface area contributed by atoms with Crippen molar-refractivity contribution in [3.63, 3.8) is 0 Å². The van der Waals surface area contributed by atoms with Gasteiger partial charge in [0.1, 0.15) is 19.3 Å². The van der Waals surface area contributed by atoms with Gasteiger partial charge >= 0.3 is 39.5 Å². The standard InChI is InChI=1S/C77H146O17P2/c1-6-9-12-15-18-21-24-27-30-31-34-37-40-43-46-53-58-62-76(81)93-72(66-87-74(79)60-55-50-44-41-38-35-32-28-25-22-19-16-13-10-7-2)68-91-95(83,84)89-64-71(78)65-90-96(85,86)92-69-73(67-88-75(80)61-56-51-48-47-49-54-59-70(4)5)94-77(82)63-57-52-45-42-39-36-33-29-26-23-20-17-14-11-8-3/h22,25,28,32,70-73,78H,6-21,23-24,26-27,29-31,33-69H2,1-5H3,(H,83,84)(H,85,86)/b25-22-,32-28-/t71-,72-,73-/m1/s1. The normalized spacial score (nSPS) is 14.1. The van der Waals surface area contributed by atoms with Crippen molar-refractivity contribution in [2.24, 2.45) is 5.92 Å².